The van der Waals surface area contributed by atoms with Crippen LogP contribution in [-0.4, -0.2) is 48.9 Å². The van der Waals surface area contributed by atoms with Crippen LogP contribution < -0.4 is 10.2 Å². The second-order valence-corrected chi connectivity index (χ2v) is 11.2. The molecule has 8 rings (SSSR count). The van der Waals surface area contributed by atoms with Crippen molar-refractivity contribution >= 4 is 22.5 Å². The van der Waals surface area contributed by atoms with Crippen molar-refractivity contribution in [1.29, 1.82) is 0 Å². The summed E-state index contributed by atoms with van der Waals surface area (Å²) in [5, 5.41) is 9.43. The number of carbonyl (C=O) groups is 1. The van der Waals surface area contributed by atoms with Crippen molar-refractivity contribution in [2.75, 3.05) is 11.4 Å². The summed E-state index contributed by atoms with van der Waals surface area (Å²) in [6.07, 6.45) is 8.78. The van der Waals surface area contributed by atoms with Crippen molar-refractivity contribution in [2.45, 2.75) is 63.8 Å². The SMILES string of the molecule is CC(NCc1cc2ccc(Cn3cnc(-c4cncc(N5CCCC5=O)c4)n3)cc2[nH]1)C12CC(F)(C1)C2. The minimum Gasteiger partial charge on any atom is -0.357 e. The molecule has 3 aliphatic carbocycles. The Morgan fingerprint density at radius 1 is 1.19 bits per heavy atom. The predicted molar refractivity (Wildman–Crippen MR) is 139 cm³/mol. The van der Waals surface area contributed by atoms with E-state index in [9.17, 15) is 9.18 Å². The highest BCUT2D eigenvalue weighted by atomic mass is 19.1. The lowest BCUT2D eigenvalue weighted by atomic mass is 9.40. The molecule has 1 aromatic carbocycles. The Labute approximate surface area is 214 Å². The van der Waals surface area contributed by atoms with Gasteiger partial charge in [-0.2, -0.15) is 5.10 Å². The van der Waals surface area contributed by atoms with E-state index in [4.69, 9.17) is 0 Å². The summed E-state index contributed by atoms with van der Waals surface area (Å²) in [5.74, 6) is 0.724. The number of pyridine rings is 1. The van der Waals surface area contributed by atoms with Crippen LogP contribution in [0.1, 0.15) is 50.3 Å². The number of carbonyl (C=O) groups excluding carboxylic acids is 1. The molecule has 3 saturated carbocycles. The Morgan fingerprint density at radius 3 is 2.84 bits per heavy atom. The number of nitrogens with zero attached hydrogens (tertiary/aromatic N) is 5. The molecule has 0 radical (unpaired) electrons. The molecule has 0 spiro atoms. The molecule has 1 saturated heterocycles. The van der Waals surface area contributed by atoms with Gasteiger partial charge in [-0.15, -0.1) is 0 Å². The number of rotatable bonds is 8. The van der Waals surface area contributed by atoms with Crippen molar-refractivity contribution in [1.82, 2.24) is 30.0 Å². The molecule has 4 heterocycles. The molecule has 4 aromatic rings. The van der Waals surface area contributed by atoms with Gasteiger partial charge < -0.3 is 15.2 Å². The zero-order valence-electron chi connectivity index (χ0n) is 20.9. The zero-order valence-corrected chi connectivity index (χ0v) is 20.9. The van der Waals surface area contributed by atoms with Gasteiger partial charge in [0.2, 0.25) is 5.91 Å². The van der Waals surface area contributed by atoms with E-state index < -0.39 is 5.67 Å². The number of amides is 1. The molecule has 190 valence electrons. The third-order valence-electron chi connectivity index (χ3n) is 8.51. The Hall–Kier alpha value is -3.59. The molecule has 4 fully saturated rings. The molecule has 2 N–H and O–H groups in total. The van der Waals surface area contributed by atoms with Crippen LogP contribution in [0.3, 0.4) is 0 Å². The second-order valence-electron chi connectivity index (χ2n) is 11.2. The van der Waals surface area contributed by atoms with Gasteiger partial charge in [-0.05, 0) is 67.2 Å². The van der Waals surface area contributed by atoms with Crippen LogP contribution in [0.15, 0.2) is 49.1 Å². The number of alkyl halides is 1. The number of H-pyrrole nitrogens is 1. The lowest BCUT2D eigenvalue weighted by Crippen LogP contribution is -2.70. The van der Waals surface area contributed by atoms with Gasteiger partial charge in [-0.3, -0.25) is 9.78 Å². The van der Waals surface area contributed by atoms with E-state index in [0.717, 1.165) is 47.5 Å². The fraction of sp³-hybridized carbons (Fsp3) is 0.429. The smallest absolute Gasteiger partial charge is 0.227 e. The third-order valence-corrected chi connectivity index (χ3v) is 8.51. The first-order chi connectivity index (χ1) is 17.9. The lowest BCUT2D eigenvalue weighted by Gasteiger charge is -2.68. The Morgan fingerprint density at radius 2 is 2.05 bits per heavy atom. The normalized spacial score (nSPS) is 25.4. The zero-order chi connectivity index (χ0) is 25.2. The minimum absolute atomic E-state index is 0.134. The third kappa shape index (κ3) is 3.92. The van der Waals surface area contributed by atoms with E-state index in [2.05, 4.69) is 56.6 Å². The number of nitrogens with one attached hydrogen (secondary N) is 2. The molecule has 1 aliphatic heterocycles. The number of benzene rings is 1. The first-order valence-electron chi connectivity index (χ1n) is 13.1. The highest BCUT2D eigenvalue weighted by Crippen LogP contribution is 2.70. The van der Waals surface area contributed by atoms with E-state index in [-0.39, 0.29) is 11.3 Å². The molecule has 37 heavy (non-hydrogen) atoms. The van der Waals surface area contributed by atoms with Gasteiger partial charge in [-0.25, -0.2) is 14.1 Å². The van der Waals surface area contributed by atoms with Gasteiger partial charge in [0.25, 0.3) is 0 Å². The van der Waals surface area contributed by atoms with Crippen LogP contribution in [0.5, 0.6) is 0 Å². The van der Waals surface area contributed by atoms with Gasteiger partial charge in [-0.1, -0.05) is 12.1 Å². The topological polar surface area (TPSA) is 91.7 Å². The molecule has 4 aliphatic rings. The first kappa shape index (κ1) is 22.6. The van der Waals surface area contributed by atoms with E-state index in [0.29, 0.717) is 44.1 Å². The Balaban J connectivity index is 1.02. The number of halogens is 1. The number of aromatic nitrogens is 5. The monoisotopic (exact) mass is 499 g/mol. The number of hydrogen-bond acceptors (Lipinski definition) is 5. The quantitative estimate of drug-likeness (QED) is 0.376. The maximum Gasteiger partial charge on any atom is 0.227 e. The van der Waals surface area contributed by atoms with Crippen molar-refractivity contribution in [3.8, 4) is 11.4 Å². The predicted octanol–water partition coefficient (Wildman–Crippen LogP) is 4.37. The van der Waals surface area contributed by atoms with E-state index in [1.165, 1.54) is 5.39 Å². The number of fused-ring (bicyclic) bond motifs is 1. The summed E-state index contributed by atoms with van der Waals surface area (Å²) in [4.78, 5) is 26.2. The highest BCUT2D eigenvalue weighted by Gasteiger charge is 2.70. The molecule has 2 bridgehead atoms. The van der Waals surface area contributed by atoms with Crippen molar-refractivity contribution in [3.05, 3.63) is 60.3 Å². The molecule has 1 atom stereocenters. The number of aromatic amines is 1. The van der Waals surface area contributed by atoms with Crippen LogP contribution in [0.4, 0.5) is 10.1 Å². The molecule has 9 heteroatoms. The summed E-state index contributed by atoms with van der Waals surface area (Å²) >= 11 is 0. The van der Waals surface area contributed by atoms with Crippen molar-refractivity contribution < 1.29 is 9.18 Å². The Bertz CT molecular complexity index is 1490. The number of anilines is 1. The highest BCUT2D eigenvalue weighted by molar-refractivity contribution is 5.95. The van der Waals surface area contributed by atoms with E-state index in [1.807, 2.05) is 10.7 Å². The average Bonchev–Trinajstić information content (AvgIpc) is 3.59. The summed E-state index contributed by atoms with van der Waals surface area (Å²) in [5.41, 5.74) is 4.25. The van der Waals surface area contributed by atoms with E-state index >= 15 is 0 Å². The lowest BCUT2D eigenvalue weighted by molar-refractivity contribution is -0.226. The largest absolute Gasteiger partial charge is 0.357 e. The van der Waals surface area contributed by atoms with Gasteiger partial charge in [0.05, 0.1) is 18.4 Å². The van der Waals surface area contributed by atoms with Crippen molar-refractivity contribution in [3.63, 3.8) is 0 Å². The minimum atomic E-state index is -0.854. The van der Waals surface area contributed by atoms with Gasteiger partial charge in [0, 0.05) is 48.5 Å². The Kier molecular flexibility index (Phi) is 5.01. The average molecular weight is 500 g/mol. The fourth-order valence-electron chi connectivity index (χ4n) is 6.41. The number of hydrogen-bond donors (Lipinski definition) is 2. The molecule has 1 amide bonds. The maximum absolute atomic E-state index is 13.9. The van der Waals surface area contributed by atoms with E-state index in [1.54, 1.807) is 23.6 Å². The standard InChI is InChI=1S/C28H30FN7O/c1-18(27-14-28(29,15-27)16-27)31-11-22-8-20-5-4-19(7-24(20)33-22)13-35-17-32-26(34-35)21-9-23(12-30-10-21)36-6-2-3-25(36)37/h4-5,7-10,12,17-18,31,33H,2-3,6,11,13-16H2,1H3. The molecular weight excluding hydrogens is 469 g/mol. The summed E-state index contributed by atoms with van der Waals surface area (Å²) in [6.45, 7) is 4.25. The molecule has 3 aromatic heterocycles. The fourth-order valence-corrected chi connectivity index (χ4v) is 6.41. The van der Waals surface area contributed by atoms with Crippen LogP contribution in [0.2, 0.25) is 0 Å². The van der Waals surface area contributed by atoms with Gasteiger partial charge >= 0.3 is 0 Å². The van der Waals surface area contributed by atoms with Crippen molar-refractivity contribution in [2.24, 2.45) is 5.41 Å². The maximum atomic E-state index is 13.9. The van der Waals surface area contributed by atoms with Crippen LogP contribution in [0.25, 0.3) is 22.3 Å². The van der Waals surface area contributed by atoms with Crippen LogP contribution >= 0.6 is 0 Å². The first-order valence-corrected chi connectivity index (χ1v) is 13.1. The molecular formula is C28H30FN7O. The summed E-state index contributed by atoms with van der Waals surface area (Å²) in [7, 11) is 0. The second kappa shape index (κ2) is 8.21. The molecule has 8 nitrogen and oxygen atoms in total. The summed E-state index contributed by atoms with van der Waals surface area (Å²) < 4.78 is 15.7. The van der Waals surface area contributed by atoms with Crippen LogP contribution in [0, 0.1) is 5.41 Å². The molecule has 1 unspecified atom stereocenters. The van der Waals surface area contributed by atoms with Gasteiger partial charge in [0.15, 0.2) is 5.82 Å². The summed E-state index contributed by atoms with van der Waals surface area (Å²) in [6, 6.07) is 10.8. The van der Waals surface area contributed by atoms with Crippen LogP contribution in [-0.2, 0) is 17.9 Å². The van der Waals surface area contributed by atoms with Gasteiger partial charge in [0.1, 0.15) is 12.0 Å².